The lowest BCUT2D eigenvalue weighted by Crippen LogP contribution is -2.08. The average Bonchev–Trinajstić information content (AvgIpc) is 1.99. The smallest absolute Gasteiger partial charge is 0.296 e. The molecule has 0 aliphatic heterocycles. The maximum Gasteiger partial charge on any atom is 0.296 e. The van der Waals surface area contributed by atoms with Crippen molar-refractivity contribution < 1.29 is 17.8 Å². The molecule has 0 unspecified atom stereocenters. The van der Waals surface area contributed by atoms with Gasteiger partial charge >= 0.3 is 0 Å². The molecule has 0 saturated carbocycles. The Kier molecular flexibility index (Phi) is 2.96. The molecular formula is C8H9N2O4S. The van der Waals surface area contributed by atoms with Crippen molar-refractivity contribution in [2.75, 3.05) is 11.1 Å². The summed E-state index contributed by atoms with van der Waals surface area (Å²) in [6.45, 7) is 1.29. The summed E-state index contributed by atoms with van der Waals surface area (Å²) in [4.78, 5) is 10.2. The van der Waals surface area contributed by atoms with Gasteiger partial charge in [-0.2, -0.15) is 8.42 Å². The number of carbonyl (C=O) groups excluding carboxylic acids is 1. The molecule has 0 bridgehead atoms. The molecule has 0 aliphatic rings. The number of amides is 1. The first kappa shape index (κ1) is 11.5. The van der Waals surface area contributed by atoms with Crippen LogP contribution in [0.2, 0.25) is 0 Å². The highest BCUT2D eigenvalue weighted by molar-refractivity contribution is 7.86. The molecule has 0 aromatic heterocycles. The van der Waals surface area contributed by atoms with Gasteiger partial charge in [0.05, 0.1) is 11.4 Å². The molecule has 1 rings (SSSR count). The summed E-state index contributed by atoms with van der Waals surface area (Å²) < 4.78 is 30.2. The van der Waals surface area contributed by atoms with Crippen LogP contribution in [0.3, 0.4) is 0 Å². The molecule has 1 radical (unpaired) electrons. The third kappa shape index (κ3) is 2.93. The van der Waals surface area contributed by atoms with E-state index in [1.54, 1.807) is 0 Å². The molecule has 0 atom stereocenters. The Labute approximate surface area is 86.8 Å². The van der Waals surface area contributed by atoms with Crippen LogP contribution in [-0.2, 0) is 14.9 Å². The summed E-state index contributed by atoms with van der Waals surface area (Å²) in [5.41, 5.74) is 5.46. The maximum absolute atomic E-state index is 10.8. The Hall–Kier alpha value is -1.60. The predicted molar refractivity (Wildman–Crippen MR) is 53.8 cm³/mol. The summed E-state index contributed by atoms with van der Waals surface area (Å²) in [6, 6.07) is 4.66. The molecule has 6 nitrogen and oxygen atoms in total. The molecule has 0 aliphatic carbocycles. The minimum atomic E-state index is -4.35. The van der Waals surface area contributed by atoms with Gasteiger partial charge in [-0.15, -0.1) is 0 Å². The van der Waals surface area contributed by atoms with Gasteiger partial charge in [0.15, 0.2) is 0 Å². The van der Waals surface area contributed by atoms with Gasteiger partial charge in [-0.25, -0.2) is 0 Å². The Morgan fingerprint density at radius 2 is 2.20 bits per heavy atom. The Morgan fingerprint density at radius 1 is 1.60 bits per heavy atom. The van der Waals surface area contributed by atoms with Crippen LogP contribution in [0.4, 0.5) is 11.4 Å². The largest absolute Gasteiger partial charge is 0.398 e. The van der Waals surface area contributed by atoms with Gasteiger partial charge in [0.1, 0.15) is 4.90 Å². The zero-order chi connectivity index (χ0) is 11.6. The lowest BCUT2D eigenvalue weighted by atomic mass is 10.3. The first-order chi connectivity index (χ1) is 6.80. The highest BCUT2D eigenvalue weighted by atomic mass is 32.2. The number of rotatable bonds is 2. The Bertz CT molecular complexity index is 495. The van der Waals surface area contributed by atoms with Crippen LogP contribution in [0.5, 0.6) is 0 Å². The monoisotopic (exact) mass is 229 g/mol. The second-order valence-corrected chi connectivity index (χ2v) is 4.21. The normalized spacial score (nSPS) is 11.1. The van der Waals surface area contributed by atoms with E-state index in [4.69, 9.17) is 10.3 Å². The number of hydrogen-bond acceptors (Lipinski definition) is 4. The topological polar surface area (TPSA) is 109 Å². The number of nitrogen functional groups attached to an aromatic ring is 1. The molecule has 1 aromatic carbocycles. The lowest BCUT2D eigenvalue weighted by Gasteiger charge is -2.05. The minimum Gasteiger partial charge on any atom is -0.398 e. The van der Waals surface area contributed by atoms with Crippen LogP contribution in [0, 0.1) is 6.07 Å². The molecule has 4 N–H and O–H groups in total. The SMILES string of the molecule is CC(=O)Nc1[c]cc(S(=O)(=O)O)c(N)c1. The van der Waals surface area contributed by atoms with Crippen molar-refractivity contribution in [3.63, 3.8) is 0 Å². The van der Waals surface area contributed by atoms with E-state index in [0.29, 0.717) is 0 Å². The molecule has 0 saturated heterocycles. The second kappa shape index (κ2) is 3.87. The van der Waals surface area contributed by atoms with Gasteiger partial charge in [-0.3, -0.25) is 9.35 Å². The first-order valence-corrected chi connectivity index (χ1v) is 5.31. The highest BCUT2D eigenvalue weighted by Gasteiger charge is 2.14. The predicted octanol–water partition coefficient (Wildman–Crippen LogP) is 0.274. The van der Waals surface area contributed by atoms with Crippen LogP contribution in [-0.4, -0.2) is 18.9 Å². The second-order valence-electron chi connectivity index (χ2n) is 2.82. The summed E-state index contributed by atoms with van der Waals surface area (Å²) in [5.74, 6) is -0.328. The molecule has 0 heterocycles. The van der Waals surface area contributed by atoms with Crippen LogP contribution < -0.4 is 11.1 Å². The lowest BCUT2D eigenvalue weighted by molar-refractivity contribution is -0.114. The molecule has 1 amide bonds. The van der Waals surface area contributed by atoms with Crippen molar-refractivity contribution in [3.05, 3.63) is 18.2 Å². The van der Waals surface area contributed by atoms with Crippen LogP contribution in [0.25, 0.3) is 0 Å². The summed E-state index contributed by atoms with van der Waals surface area (Å²) in [7, 11) is -4.35. The number of hydrogen-bond donors (Lipinski definition) is 3. The van der Waals surface area contributed by atoms with Gasteiger partial charge in [0.25, 0.3) is 10.1 Å². The van der Waals surface area contributed by atoms with Crippen molar-refractivity contribution >= 4 is 27.4 Å². The number of benzene rings is 1. The molecule has 7 heteroatoms. The summed E-state index contributed by atoms with van der Waals surface area (Å²) >= 11 is 0. The fraction of sp³-hybridized carbons (Fsp3) is 0.125. The van der Waals surface area contributed by atoms with Crippen molar-refractivity contribution in [2.24, 2.45) is 0 Å². The number of anilines is 2. The van der Waals surface area contributed by atoms with Crippen LogP contribution in [0.15, 0.2) is 17.0 Å². The van der Waals surface area contributed by atoms with E-state index >= 15 is 0 Å². The quantitative estimate of drug-likeness (QED) is 0.498. The standard InChI is InChI=1S/C8H9N2O4S/c1-5(11)10-6-2-3-8(7(9)4-6)15(12,13)14/h3-4H,9H2,1H3,(H,10,11)(H,12,13,14). The van der Waals surface area contributed by atoms with E-state index in [1.807, 2.05) is 0 Å². The van der Waals surface area contributed by atoms with E-state index in [2.05, 4.69) is 11.4 Å². The Balaban J connectivity index is 3.15. The third-order valence-corrected chi connectivity index (χ3v) is 2.44. The third-order valence-electron chi connectivity index (χ3n) is 1.53. The number of carbonyl (C=O) groups is 1. The van der Waals surface area contributed by atoms with E-state index in [-0.39, 0.29) is 17.3 Å². The fourth-order valence-corrected chi connectivity index (χ4v) is 1.54. The maximum atomic E-state index is 10.8. The van der Waals surface area contributed by atoms with E-state index < -0.39 is 15.0 Å². The average molecular weight is 229 g/mol. The van der Waals surface area contributed by atoms with Gasteiger partial charge in [-0.1, -0.05) is 0 Å². The van der Waals surface area contributed by atoms with Crippen molar-refractivity contribution in [1.29, 1.82) is 0 Å². The van der Waals surface area contributed by atoms with Crippen molar-refractivity contribution in [3.8, 4) is 0 Å². The van der Waals surface area contributed by atoms with Gasteiger partial charge in [0, 0.05) is 13.0 Å². The zero-order valence-electron chi connectivity index (χ0n) is 7.81. The molecule has 0 spiro atoms. The molecule has 81 valence electrons. The number of nitrogens with one attached hydrogen (secondary N) is 1. The molecular weight excluding hydrogens is 220 g/mol. The number of nitrogens with two attached hydrogens (primary N) is 1. The van der Waals surface area contributed by atoms with Crippen LogP contribution in [0.1, 0.15) is 6.92 Å². The first-order valence-electron chi connectivity index (χ1n) is 3.87. The fourth-order valence-electron chi connectivity index (χ4n) is 0.980. The molecule has 0 fully saturated rings. The van der Waals surface area contributed by atoms with Crippen molar-refractivity contribution in [1.82, 2.24) is 0 Å². The summed E-state index contributed by atoms with van der Waals surface area (Å²) in [5, 5.41) is 2.37. The zero-order valence-corrected chi connectivity index (χ0v) is 8.63. The molecule has 1 aromatic rings. The Morgan fingerprint density at radius 3 is 2.60 bits per heavy atom. The van der Waals surface area contributed by atoms with E-state index in [1.165, 1.54) is 13.0 Å². The highest BCUT2D eigenvalue weighted by Crippen LogP contribution is 2.21. The van der Waals surface area contributed by atoms with Gasteiger partial charge in [0.2, 0.25) is 5.91 Å². The van der Waals surface area contributed by atoms with Crippen LogP contribution >= 0.6 is 0 Å². The van der Waals surface area contributed by atoms with Gasteiger partial charge in [-0.05, 0) is 12.1 Å². The van der Waals surface area contributed by atoms with Gasteiger partial charge < -0.3 is 11.1 Å². The van der Waals surface area contributed by atoms with E-state index in [9.17, 15) is 13.2 Å². The molecule has 15 heavy (non-hydrogen) atoms. The van der Waals surface area contributed by atoms with Crippen molar-refractivity contribution in [2.45, 2.75) is 11.8 Å². The van der Waals surface area contributed by atoms with E-state index in [0.717, 1.165) is 6.07 Å². The summed E-state index contributed by atoms with van der Waals surface area (Å²) in [6.07, 6.45) is 0. The minimum absolute atomic E-state index is 0.153.